The van der Waals surface area contributed by atoms with Gasteiger partial charge in [0.25, 0.3) is 5.84 Å². The van der Waals surface area contributed by atoms with Crippen molar-refractivity contribution in [3.63, 3.8) is 0 Å². The molecule has 0 aromatic heterocycles. The van der Waals surface area contributed by atoms with E-state index in [0.717, 1.165) is 17.1 Å². The van der Waals surface area contributed by atoms with Crippen LogP contribution in [-0.2, 0) is 6.54 Å². The Balaban J connectivity index is 1.67. The summed E-state index contributed by atoms with van der Waals surface area (Å²) in [5, 5.41) is 0.617. The maximum Gasteiger partial charge on any atom is 0.387 e. The molecule has 24 heavy (non-hydrogen) atoms. The third-order valence-electron chi connectivity index (χ3n) is 4.79. The standard InChI is InChI=1S/C17H12ClF2N2O2/c18-10-4-5-12-9(6-10)7-22-8-14(23-12)16(22)21-11-2-1-3-13(15(11)22)24-17(19)20/h1-6,14,17H,7-8H2/q+1/t14-,22-/m1/s1. The second-order valence-corrected chi connectivity index (χ2v) is 6.58. The van der Waals surface area contributed by atoms with Gasteiger partial charge in [0.05, 0.1) is 5.56 Å². The maximum absolute atomic E-state index is 12.8. The van der Waals surface area contributed by atoms with E-state index >= 15 is 0 Å². The van der Waals surface area contributed by atoms with Crippen LogP contribution in [0.3, 0.4) is 0 Å². The number of amidine groups is 1. The summed E-state index contributed by atoms with van der Waals surface area (Å²) in [6, 6.07) is 10.5. The van der Waals surface area contributed by atoms with Crippen LogP contribution in [-0.4, -0.2) is 25.1 Å². The van der Waals surface area contributed by atoms with Gasteiger partial charge in [-0.05, 0) is 30.3 Å². The fraction of sp³-hybridized carbons (Fsp3) is 0.235. The van der Waals surface area contributed by atoms with E-state index in [0.29, 0.717) is 34.0 Å². The number of nitrogens with zero attached hydrogens (tertiary/aromatic N) is 2. The predicted octanol–water partition coefficient (Wildman–Crippen LogP) is 4.27. The van der Waals surface area contributed by atoms with Crippen LogP contribution in [0.5, 0.6) is 11.5 Å². The van der Waals surface area contributed by atoms with Gasteiger partial charge in [0, 0.05) is 5.02 Å². The van der Waals surface area contributed by atoms with Gasteiger partial charge in [-0.1, -0.05) is 17.7 Å². The minimum atomic E-state index is -2.87. The second-order valence-electron chi connectivity index (χ2n) is 6.14. The van der Waals surface area contributed by atoms with Gasteiger partial charge < -0.3 is 9.47 Å². The van der Waals surface area contributed by atoms with Crippen LogP contribution < -0.4 is 14.0 Å². The summed E-state index contributed by atoms with van der Waals surface area (Å²) in [6.45, 7) is -1.68. The number of rotatable bonds is 2. The lowest BCUT2D eigenvalue weighted by atomic mass is 10.0. The van der Waals surface area contributed by atoms with E-state index in [1.54, 1.807) is 18.2 Å². The van der Waals surface area contributed by atoms with E-state index in [-0.39, 0.29) is 11.9 Å². The number of benzene rings is 2. The minimum Gasteiger partial charge on any atom is -0.472 e. The lowest BCUT2D eigenvalue weighted by molar-refractivity contribution is -0.0503. The molecule has 1 saturated heterocycles. The van der Waals surface area contributed by atoms with Gasteiger partial charge >= 0.3 is 6.61 Å². The number of quaternary nitrogens is 1. The molecule has 122 valence electrons. The Bertz CT molecular complexity index is 902. The Morgan fingerprint density at radius 2 is 2.17 bits per heavy atom. The molecule has 2 bridgehead atoms. The number of hydrogen-bond donors (Lipinski definition) is 0. The molecule has 5 rings (SSSR count). The lowest BCUT2D eigenvalue weighted by Gasteiger charge is -2.43. The maximum atomic E-state index is 12.8. The Hall–Kier alpha value is -2.18. The van der Waals surface area contributed by atoms with E-state index in [9.17, 15) is 8.78 Å². The summed E-state index contributed by atoms with van der Waals surface area (Å²) < 4.78 is 36.8. The molecule has 1 fully saturated rings. The van der Waals surface area contributed by atoms with Crippen molar-refractivity contribution in [3.05, 3.63) is 47.0 Å². The molecule has 2 aromatic carbocycles. The van der Waals surface area contributed by atoms with Crippen molar-refractivity contribution >= 4 is 28.8 Å². The summed E-state index contributed by atoms with van der Waals surface area (Å²) in [4.78, 5) is 4.63. The Morgan fingerprint density at radius 1 is 1.29 bits per heavy atom. The van der Waals surface area contributed by atoms with Crippen LogP contribution in [0.1, 0.15) is 5.56 Å². The summed E-state index contributed by atoms with van der Waals surface area (Å²) in [5.74, 6) is 1.78. The van der Waals surface area contributed by atoms with Crippen molar-refractivity contribution in [2.24, 2.45) is 4.99 Å². The van der Waals surface area contributed by atoms with Crippen molar-refractivity contribution in [1.82, 2.24) is 4.48 Å². The van der Waals surface area contributed by atoms with E-state index in [1.165, 1.54) is 0 Å². The van der Waals surface area contributed by atoms with Gasteiger partial charge in [0.2, 0.25) is 11.8 Å². The average molecular weight is 350 g/mol. The van der Waals surface area contributed by atoms with Crippen LogP contribution in [0.4, 0.5) is 20.2 Å². The van der Waals surface area contributed by atoms with Crippen molar-refractivity contribution in [2.45, 2.75) is 19.3 Å². The first-order chi connectivity index (χ1) is 11.6. The Kier molecular flexibility index (Phi) is 2.76. The molecule has 0 aliphatic carbocycles. The molecule has 0 saturated carbocycles. The zero-order valence-electron chi connectivity index (χ0n) is 12.4. The third-order valence-corrected chi connectivity index (χ3v) is 5.03. The van der Waals surface area contributed by atoms with Gasteiger partial charge in [0.15, 0.2) is 5.75 Å². The molecule has 2 atom stereocenters. The molecule has 0 unspecified atom stereocenters. The Labute approximate surface area is 141 Å². The molecular weight excluding hydrogens is 338 g/mol. The Morgan fingerprint density at radius 3 is 3.00 bits per heavy atom. The quantitative estimate of drug-likeness (QED) is 0.758. The number of aliphatic imine (C=N–C) groups is 1. The monoisotopic (exact) mass is 349 g/mol. The number of hydrogen-bond acceptors (Lipinski definition) is 3. The van der Waals surface area contributed by atoms with Crippen molar-refractivity contribution < 1.29 is 18.3 Å². The topological polar surface area (TPSA) is 30.8 Å². The van der Waals surface area contributed by atoms with Gasteiger partial charge in [0.1, 0.15) is 24.5 Å². The molecule has 1 spiro atoms. The van der Waals surface area contributed by atoms with E-state index in [1.807, 2.05) is 18.2 Å². The average Bonchev–Trinajstić information content (AvgIpc) is 2.64. The number of ether oxygens (including phenoxy) is 2. The SMILES string of the molecule is FC(F)Oc1cccc2c1[N@@+]13Cc4cc(Cl)ccc4O[C@H](C1)C3=N2. The highest BCUT2D eigenvalue weighted by Gasteiger charge is 2.63. The van der Waals surface area contributed by atoms with Gasteiger partial charge in [-0.25, -0.2) is 4.48 Å². The van der Waals surface area contributed by atoms with Gasteiger partial charge in [-0.2, -0.15) is 13.8 Å². The number of para-hydroxylation sites is 1. The molecule has 4 nitrogen and oxygen atoms in total. The lowest BCUT2D eigenvalue weighted by Crippen LogP contribution is -2.71. The van der Waals surface area contributed by atoms with Crippen molar-refractivity contribution in [3.8, 4) is 11.5 Å². The molecule has 3 aliphatic rings. The fourth-order valence-electron chi connectivity index (χ4n) is 3.89. The van der Waals surface area contributed by atoms with Crippen LogP contribution >= 0.6 is 11.6 Å². The first-order valence-corrected chi connectivity index (χ1v) is 7.94. The van der Waals surface area contributed by atoms with Gasteiger partial charge in [-0.15, -0.1) is 0 Å². The van der Waals surface area contributed by atoms with Crippen LogP contribution in [0.2, 0.25) is 5.02 Å². The van der Waals surface area contributed by atoms with E-state index < -0.39 is 6.61 Å². The van der Waals surface area contributed by atoms with E-state index in [4.69, 9.17) is 21.1 Å². The van der Waals surface area contributed by atoms with Crippen molar-refractivity contribution in [1.29, 1.82) is 0 Å². The smallest absolute Gasteiger partial charge is 0.387 e. The summed E-state index contributed by atoms with van der Waals surface area (Å²) in [5.41, 5.74) is 2.29. The summed E-state index contributed by atoms with van der Waals surface area (Å²) in [6.07, 6.45) is -0.153. The molecule has 3 heterocycles. The molecule has 2 aromatic rings. The first kappa shape index (κ1) is 14.2. The van der Waals surface area contributed by atoms with Crippen molar-refractivity contribution in [2.75, 3.05) is 6.54 Å². The summed E-state index contributed by atoms with van der Waals surface area (Å²) in [7, 11) is 0. The number of fused-ring (bicyclic) bond motifs is 4. The highest BCUT2D eigenvalue weighted by Crippen LogP contribution is 2.55. The van der Waals surface area contributed by atoms with E-state index in [2.05, 4.69) is 4.99 Å². The molecule has 3 aliphatic heterocycles. The zero-order valence-corrected chi connectivity index (χ0v) is 13.1. The highest BCUT2D eigenvalue weighted by molar-refractivity contribution is 6.30. The van der Waals surface area contributed by atoms with Gasteiger partial charge in [-0.3, -0.25) is 0 Å². The molecule has 0 radical (unpaired) electrons. The second kappa shape index (κ2) is 4.68. The molecule has 0 N–H and O–H groups in total. The first-order valence-electron chi connectivity index (χ1n) is 7.56. The molecule has 0 amide bonds. The van der Waals surface area contributed by atoms with Crippen LogP contribution in [0, 0.1) is 0 Å². The largest absolute Gasteiger partial charge is 0.472 e. The number of halogens is 3. The normalized spacial score (nSPS) is 25.7. The zero-order chi connectivity index (χ0) is 16.5. The molecular formula is C17H12ClF2N2O2+. The predicted molar refractivity (Wildman–Crippen MR) is 86.4 cm³/mol. The van der Waals surface area contributed by atoms with Crippen LogP contribution in [0.25, 0.3) is 0 Å². The minimum absolute atomic E-state index is 0.153. The summed E-state index contributed by atoms with van der Waals surface area (Å²) >= 11 is 6.12. The number of alkyl halides is 2. The highest BCUT2D eigenvalue weighted by atomic mass is 35.5. The third kappa shape index (κ3) is 1.78. The van der Waals surface area contributed by atoms with Crippen LogP contribution in [0.15, 0.2) is 41.4 Å². The molecule has 7 heteroatoms. The fourth-order valence-corrected chi connectivity index (χ4v) is 4.08.